The number of non-ortho nitro benzene ring substituents is 1. The first-order valence-corrected chi connectivity index (χ1v) is 6.57. The molecule has 0 unspecified atom stereocenters. The topological polar surface area (TPSA) is 52.4 Å². The van der Waals surface area contributed by atoms with Crippen LogP contribution in [0.15, 0.2) is 24.3 Å². The van der Waals surface area contributed by atoms with Gasteiger partial charge in [0.2, 0.25) is 0 Å². The molecule has 4 nitrogen and oxygen atoms in total. The Hall–Kier alpha value is -1.42. The van der Waals surface area contributed by atoms with E-state index in [1.54, 1.807) is 12.1 Å². The van der Waals surface area contributed by atoms with Crippen LogP contribution in [0.5, 0.6) is 0 Å². The number of hydrogen-bond donors (Lipinski definition) is 0. The van der Waals surface area contributed by atoms with E-state index in [0.717, 1.165) is 12.2 Å². The Kier molecular flexibility index (Phi) is 4.70. The minimum atomic E-state index is -0.370. The number of hydrogen-bond acceptors (Lipinski definition) is 3. The number of nitrogens with zero attached hydrogens (tertiary/aromatic N) is 1. The van der Waals surface area contributed by atoms with Crippen LogP contribution in [0.1, 0.15) is 37.7 Å². The van der Waals surface area contributed by atoms with Crippen molar-refractivity contribution >= 4 is 5.69 Å². The third-order valence-electron chi connectivity index (χ3n) is 3.47. The molecule has 2 rings (SSSR count). The highest BCUT2D eigenvalue weighted by molar-refractivity contribution is 5.33. The van der Waals surface area contributed by atoms with Crippen molar-refractivity contribution in [2.75, 3.05) is 6.61 Å². The molecule has 1 aromatic carbocycles. The van der Waals surface area contributed by atoms with Crippen LogP contribution < -0.4 is 0 Å². The second-order valence-corrected chi connectivity index (χ2v) is 4.95. The monoisotopic (exact) mass is 249 g/mol. The summed E-state index contributed by atoms with van der Waals surface area (Å²) in [6, 6.07) is 6.66. The van der Waals surface area contributed by atoms with Gasteiger partial charge in [0.05, 0.1) is 11.5 Å². The number of rotatable bonds is 5. The van der Waals surface area contributed by atoms with E-state index in [-0.39, 0.29) is 10.6 Å². The SMILES string of the molecule is O=[N+]([O-])c1cccc(COCC2CCCCC2)c1. The molecule has 0 radical (unpaired) electrons. The summed E-state index contributed by atoms with van der Waals surface area (Å²) in [5.41, 5.74) is 1.01. The fraction of sp³-hybridized carbons (Fsp3) is 0.571. The standard InChI is InChI=1S/C14H19NO3/c16-15(17)14-8-4-7-13(9-14)11-18-10-12-5-2-1-3-6-12/h4,7-9,12H,1-3,5-6,10-11H2. The zero-order valence-electron chi connectivity index (χ0n) is 10.5. The van der Waals surface area contributed by atoms with Crippen molar-refractivity contribution < 1.29 is 9.66 Å². The van der Waals surface area contributed by atoms with E-state index in [9.17, 15) is 10.1 Å². The molecule has 18 heavy (non-hydrogen) atoms. The summed E-state index contributed by atoms with van der Waals surface area (Å²) in [6.07, 6.45) is 6.49. The zero-order chi connectivity index (χ0) is 12.8. The second kappa shape index (κ2) is 6.50. The van der Waals surface area contributed by atoms with Gasteiger partial charge in [0.15, 0.2) is 0 Å². The first-order chi connectivity index (χ1) is 8.75. The quantitative estimate of drug-likeness (QED) is 0.590. The van der Waals surface area contributed by atoms with Gasteiger partial charge in [-0.25, -0.2) is 0 Å². The van der Waals surface area contributed by atoms with Gasteiger partial charge in [-0.15, -0.1) is 0 Å². The molecule has 1 aliphatic carbocycles. The van der Waals surface area contributed by atoms with Crippen LogP contribution >= 0.6 is 0 Å². The average Bonchev–Trinajstić information content (AvgIpc) is 2.40. The summed E-state index contributed by atoms with van der Waals surface area (Å²) < 4.78 is 5.67. The molecule has 0 aromatic heterocycles. The molecule has 1 saturated carbocycles. The fourth-order valence-electron chi connectivity index (χ4n) is 2.46. The van der Waals surface area contributed by atoms with E-state index >= 15 is 0 Å². The fourth-order valence-corrected chi connectivity index (χ4v) is 2.46. The van der Waals surface area contributed by atoms with Crippen LogP contribution in [0.25, 0.3) is 0 Å². The number of nitro groups is 1. The van der Waals surface area contributed by atoms with Crippen LogP contribution in [0.4, 0.5) is 5.69 Å². The lowest BCUT2D eigenvalue weighted by Gasteiger charge is -2.21. The molecule has 98 valence electrons. The molecule has 1 aromatic rings. The lowest BCUT2D eigenvalue weighted by molar-refractivity contribution is -0.384. The molecular formula is C14H19NO3. The van der Waals surface area contributed by atoms with Crippen LogP contribution in [-0.4, -0.2) is 11.5 Å². The molecule has 0 bridgehead atoms. The Morgan fingerprint density at radius 1 is 1.28 bits per heavy atom. The highest BCUT2D eigenvalue weighted by atomic mass is 16.6. The lowest BCUT2D eigenvalue weighted by Crippen LogP contribution is -2.13. The molecule has 0 heterocycles. The van der Waals surface area contributed by atoms with E-state index in [1.165, 1.54) is 38.2 Å². The van der Waals surface area contributed by atoms with E-state index in [1.807, 2.05) is 6.07 Å². The van der Waals surface area contributed by atoms with Gasteiger partial charge in [0.1, 0.15) is 0 Å². The van der Waals surface area contributed by atoms with E-state index < -0.39 is 0 Å². The number of ether oxygens (including phenoxy) is 1. The summed E-state index contributed by atoms with van der Waals surface area (Å²) in [5, 5.41) is 10.6. The minimum absolute atomic E-state index is 0.133. The van der Waals surface area contributed by atoms with Gasteiger partial charge in [-0.2, -0.15) is 0 Å². The number of nitro benzene ring substituents is 1. The second-order valence-electron chi connectivity index (χ2n) is 4.95. The molecule has 0 aliphatic heterocycles. The van der Waals surface area contributed by atoms with Gasteiger partial charge >= 0.3 is 0 Å². The van der Waals surface area contributed by atoms with Crippen molar-refractivity contribution in [1.29, 1.82) is 0 Å². The Balaban J connectivity index is 1.78. The maximum atomic E-state index is 10.6. The third kappa shape index (κ3) is 3.81. The maximum Gasteiger partial charge on any atom is 0.269 e. The molecule has 1 aliphatic rings. The van der Waals surface area contributed by atoms with E-state index in [0.29, 0.717) is 12.5 Å². The molecule has 0 saturated heterocycles. The summed E-state index contributed by atoms with van der Waals surface area (Å²) in [7, 11) is 0. The van der Waals surface area contributed by atoms with Crippen LogP contribution in [0, 0.1) is 16.0 Å². The Morgan fingerprint density at radius 2 is 2.06 bits per heavy atom. The van der Waals surface area contributed by atoms with Gasteiger partial charge in [-0.05, 0) is 24.3 Å². The Bertz CT molecular complexity index is 400. The zero-order valence-corrected chi connectivity index (χ0v) is 10.5. The van der Waals surface area contributed by atoms with Crippen molar-refractivity contribution in [3.63, 3.8) is 0 Å². The lowest BCUT2D eigenvalue weighted by atomic mass is 9.90. The van der Waals surface area contributed by atoms with Crippen molar-refractivity contribution in [2.24, 2.45) is 5.92 Å². The first-order valence-electron chi connectivity index (χ1n) is 6.57. The van der Waals surface area contributed by atoms with Crippen LogP contribution in [0.2, 0.25) is 0 Å². The number of benzene rings is 1. The highest BCUT2D eigenvalue weighted by Gasteiger charge is 2.13. The normalized spacial score (nSPS) is 16.7. The van der Waals surface area contributed by atoms with E-state index in [4.69, 9.17) is 4.74 Å². The summed E-state index contributed by atoms with van der Waals surface area (Å²) >= 11 is 0. The molecule has 0 N–H and O–H groups in total. The Morgan fingerprint density at radius 3 is 2.78 bits per heavy atom. The van der Waals surface area contributed by atoms with Crippen molar-refractivity contribution in [3.8, 4) is 0 Å². The summed E-state index contributed by atoms with van der Waals surface area (Å²) in [4.78, 5) is 10.3. The average molecular weight is 249 g/mol. The maximum absolute atomic E-state index is 10.6. The van der Waals surface area contributed by atoms with Gasteiger partial charge in [0.25, 0.3) is 5.69 Å². The smallest absolute Gasteiger partial charge is 0.269 e. The highest BCUT2D eigenvalue weighted by Crippen LogP contribution is 2.24. The largest absolute Gasteiger partial charge is 0.376 e. The third-order valence-corrected chi connectivity index (χ3v) is 3.47. The summed E-state index contributed by atoms with van der Waals surface area (Å²) in [6.45, 7) is 1.25. The molecule has 0 atom stereocenters. The molecule has 0 amide bonds. The van der Waals surface area contributed by atoms with Crippen LogP contribution in [0.3, 0.4) is 0 Å². The first kappa shape index (κ1) is 13.0. The predicted octanol–water partition coefficient (Wildman–Crippen LogP) is 3.69. The van der Waals surface area contributed by atoms with Crippen molar-refractivity contribution in [3.05, 3.63) is 39.9 Å². The molecule has 0 spiro atoms. The van der Waals surface area contributed by atoms with Gasteiger partial charge < -0.3 is 4.74 Å². The minimum Gasteiger partial charge on any atom is -0.376 e. The van der Waals surface area contributed by atoms with Gasteiger partial charge in [0, 0.05) is 18.7 Å². The van der Waals surface area contributed by atoms with E-state index in [2.05, 4.69) is 0 Å². The molecular weight excluding hydrogens is 230 g/mol. The van der Waals surface area contributed by atoms with Gasteiger partial charge in [-0.3, -0.25) is 10.1 Å². The molecule has 4 heteroatoms. The summed E-state index contributed by atoms with van der Waals surface area (Å²) in [5.74, 6) is 0.678. The predicted molar refractivity (Wildman–Crippen MR) is 69.3 cm³/mol. The van der Waals surface area contributed by atoms with Crippen LogP contribution in [-0.2, 0) is 11.3 Å². The van der Waals surface area contributed by atoms with Gasteiger partial charge in [-0.1, -0.05) is 31.4 Å². The Labute approximate surface area is 107 Å². The van der Waals surface area contributed by atoms with Crippen molar-refractivity contribution in [2.45, 2.75) is 38.7 Å². The molecule has 1 fully saturated rings. The van der Waals surface area contributed by atoms with Crippen molar-refractivity contribution in [1.82, 2.24) is 0 Å².